The van der Waals surface area contributed by atoms with Gasteiger partial charge in [-0.05, 0) is 13.8 Å². The molecule has 0 radical (unpaired) electrons. The van der Waals surface area contributed by atoms with E-state index in [0.29, 0.717) is 0 Å². The van der Waals surface area contributed by atoms with E-state index in [1.54, 1.807) is 0 Å². The van der Waals surface area contributed by atoms with E-state index < -0.39 is 34.3 Å². The van der Waals surface area contributed by atoms with Gasteiger partial charge < -0.3 is 9.47 Å². The minimum Gasteiger partial charge on any atom is -0.464 e. The number of hydrogen-bond acceptors (Lipinski definition) is 10. The van der Waals surface area contributed by atoms with Crippen LogP contribution in [-0.2, 0) is 28.7 Å². The van der Waals surface area contributed by atoms with Gasteiger partial charge >= 0.3 is 11.9 Å². The number of rotatable bonds is 9. The summed E-state index contributed by atoms with van der Waals surface area (Å²) in [4.78, 5) is 51.3. The second-order valence-corrected chi connectivity index (χ2v) is 3.00. The van der Waals surface area contributed by atoms with E-state index in [4.69, 9.17) is 0 Å². The first kappa shape index (κ1) is 17.3. The third-order valence-electron chi connectivity index (χ3n) is 1.71. The van der Waals surface area contributed by atoms with Crippen LogP contribution >= 0.6 is 0 Å². The molecular weight excluding hydrogens is 284 g/mol. The summed E-state index contributed by atoms with van der Waals surface area (Å²) in [7, 11) is 0. The van der Waals surface area contributed by atoms with Crippen molar-refractivity contribution in [2.24, 2.45) is 0 Å². The van der Waals surface area contributed by atoms with Gasteiger partial charge in [0.05, 0.1) is 13.2 Å². The monoisotopic (exact) mass is 296 g/mol. The quantitative estimate of drug-likeness (QED) is 0.301. The molecule has 20 heavy (non-hydrogen) atoms. The van der Waals surface area contributed by atoms with Gasteiger partial charge in [-0.1, -0.05) is 0 Å². The topological polar surface area (TPSA) is 157 Å². The van der Waals surface area contributed by atoms with Crippen LogP contribution in [0, 0.1) is 20.2 Å². The molecule has 0 amide bonds. The summed E-state index contributed by atoms with van der Waals surface area (Å²) in [5, 5.41) is 17.8. The second kappa shape index (κ2) is 8.44. The molecule has 0 aromatic heterocycles. The summed E-state index contributed by atoms with van der Waals surface area (Å²) in [6.45, 7) is 2.39. The second-order valence-electron chi connectivity index (χ2n) is 3.00. The Kier molecular flexibility index (Phi) is 7.32. The molecule has 2 atom stereocenters. The van der Waals surface area contributed by atoms with E-state index in [0.717, 1.165) is 0 Å². The van der Waals surface area contributed by atoms with Gasteiger partial charge in [-0.3, -0.25) is 9.68 Å². The summed E-state index contributed by atoms with van der Waals surface area (Å²) >= 11 is 0. The van der Waals surface area contributed by atoms with Crippen molar-refractivity contribution in [2.45, 2.75) is 26.1 Å². The van der Waals surface area contributed by atoms with Crippen LogP contribution in [0.2, 0.25) is 0 Å². The lowest BCUT2D eigenvalue weighted by atomic mass is 10.2. The summed E-state index contributed by atoms with van der Waals surface area (Å²) in [6, 6.07) is 0. The first-order valence-corrected chi connectivity index (χ1v) is 5.29. The molecule has 12 nitrogen and oxygen atoms in total. The van der Waals surface area contributed by atoms with Gasteiger partial charge in [-0.25, -0.2) is 9.59 Å². The Hall–Kier alpha value is -2.66. The van der Waals surface area contributed by atoms with Crippen molar-refractivity contribution in [3.63, 3.8) is 0 Å². The Bertz CT molecular complexity index is 347. The normalized spacial score (nSPS) is 12.7. The van der Waals surface area contributed by atoms with Crippen molar-refractivity contribution in [3.8, 4) is 0 Å². The lowest BCUT2D eigenvalue weighted by Crippen LogP contribution is -2.47. The molecule has 0 unspecified atom stereocenters. The van der Waals surface area contributed by atoms with Gasteiger partial charge in [0.1, 0.15) is 0 Å². The molecule has 0 N–H and O–H groups in total. The lowest BCUT2D eigenvalue weighted by Gasteiger charge is -2.20. The van der Waals surface area contributed by atoms with Crippen LogP contribution < -0.4 is 0 Å². The number of ether oxygens (including phenoxy) is 2. The van der Waals surface area contributed by atoms with E-state index in [1.807, 2.05) is 0 Å². The largest absolute Gasteiger partial charge is 0.464 e. The fourth-order valence-corrected chi connectivity index (χ4v) is 1.08. The summed E-state index contributed by atoms with van der Waals surface area (Å²) in [6.07, 6.45) is -4.54. The zero-order valence-corrected chi connectivity index (χ0v) is 10.5. The molecule has 114 valence electrons. The predicted octanol–water partition coefficient (Wildman–Crippen LogP) is -0.734. The molecule has 0 saturated carbocycles. The lowest BCUT2D eigenvalue weighted by molar-refractivity contribution is -0.792. The van der Waals surface area contributed by atoms with Crippen molar-refractivity contribution in [1.29, 1.82) is 0 Å². The highest BCUT2D eigenvalue weighted by Crippen LogP contribution is 2.10. The van der Waals surface area contributed by atoms with Gasteiger partial charge in [-0.15, -0.1) is 20.2 Å². The molecule has 0 bridgehead atoms. The maximum Gasteiger partial charge on any atom is 0.338 e. The summed E-state index contributed by atoms with van der Waals surface area (Å²) in [5.41, 5.74) is 0. The van der Waals surface area contributed by atoms with E-state index in [9.17, 15) is 29.8 Å². The van der Waals surface area contributed by atoms with Gasteiger partial charge in [0, 0.05) is 0 Å². The highest BCUT2D eigenvalue weighted by Gasteiger charge is 2.42. The molecule has 0 aromatic rings. The number of esters is 2. The fraction of sp³-hybridized carbons (Fsp3) is 0.750. The molecule has 0 spiro atoms. The highest BCUT2D eigenvalue weighted by molar-refractivity contribution is 5.85. The number of carbonyl (C=O) groups excluding carboxylic acids is 2. The molecule has 0 saturated heterocycles. The number of hydrogen-bond donors (Lipinski definition) is 0. The van der Waals surface area contributed by atoms with Crippen LogP contribution in [0.1, 0.15) is 13.8 Å². The van der Waals surface area contributed by atoms with Crippen molar-refractivity contribution < 1.29 is 38.9 Å². The van der Waals surface area contributed by atoms with E-state index in [-0.39, 0.29) is 13.2 Å². The van der Waals surface area contributed by atoms with Gasteiger partial charge in [-0.2, -0.15) is 0 Å². The minimum absolute atomic E-state index is 0.190. The third kappa shape index (κ3) is 5.79. The molecule has 0 aliphatic carbocycles. The van der Waals surface area contributed by atoms with Crippen LogP contribution in [0.5, 0.6) is 0 Å². The van der Waals surface area contributed by atoms with Crippen LogP contribution in [-0.4, -0.2) is 47.5 Å². The van der Waals surface area contributed by atoms with Crippen molar-refractivity contribution >= 4 is 11.9 Å². The number of carbonyl (C=O) groups is 2. The Morgan fingerprint density at radius 1 is 0.900 bits per heavy atom. The minimum atomic E-state index is -2.27. The summed E-state index contributed by atoms with van der Waals surface area (Å²) in [5.74, 6) is -2.74. The van der Waals surface area contributed by atoms with Crippen LogP contribution in [0.3, 0.4) is 0 Å². The maximum atomic E-state index is 11.4. The predicted molar refractivity (Wildman–Crippen MR) is 57.0 cm³/mol. The molecule has 0 aliphatic heterocycles. The fourth-order valence-electron chi connectivity index (χ4n) is 1.08. The van der Waals surface area contributed by atoms with Crippen molar-refractivity contribution in [1.82, 2.24) is 0 Å². The molecule has 0 aromatic carbocycles. The molecular formula is C8H12N2O10. The van der Waals surface area contributed by atoms with Crippen molar-refractivity contribution in [3.05, 3.63) is 20.2 Å². The van der Waals surface area contributed by atoms with Gasteiger partial charge in [0.15, 0.2) is 0 Å². The zero-order chi connectivity index (χ0) is 15.7. The maximum absolute atomic E-state index is 11.4. The first-order valence-electron chi connectivity index (χ1n) is 5.29. The third-order valence-corrected chi connectivity index (χ3v) is 1.71. The highest BCUT2D eigenvalue weighted by atomic mass is 17.0. The standard InChI is InChI=1S/C8H12N2O10/c1-3-17-7(11)5(19-9(13)14)6(20-10(15)16)8(12)18-4-2/h5-6H,3-4H2,1-2H3/t5-,6-/m1/s1. The smallest absolute Gasteiger partial charge is 0.338 e. The van der Waals surface area contributed by atoms with E-state index in [2.05, 4.69) is 19.1 Å². The van der Waals surface area contributed by atoms with Gasteiger partial charge in [0.25, 0.3) is 10.2 Å². The molecule has 0 aliphatic rings. The SMILES string of the molecule is CCOC(=O)[C@H](O[N+](=O)[O-])[C@@H](O[N+](=O)[O-])C(=O)OCC. The molecule has 0 fully saturated rings. The van der Waals surface area contributed by atoms with Crippen LogP contribution in [0.4, 0.5) is 0 Å². The molecule has 0 heterocycles. The number of nitrogens with zero attached hydrogens (tertiary/aromatic N) is 2. The van der Waals surface area contributed by atoms with E-state index >= 15 is 0 Å². The Morgan fingerprint density at radius 2 is 1.20 bits per heavy atom. The van der Waals surface area contributed by atoms with Crippen molar-refractivity contribution in [2.75, 3.05) is 13.2 Å². The van der Waals surface area contributed by atoms with Crippen LogP contribution in [0.15, 0.2) is 0 Å². The van der Waals surface area contributed by atoms with E-state index in [1.165, 1.54) is 13.8 Å². The molecule has 12 heteroatoms. The molecule has 0 rings (SSSR count). The van der Waals surface area contributed by atoms with Crippen LogP contribution in [0.25, 0.3) is 0 Å². The Labute approximate surface area is 111 Å². The Balaban J connectivity index is 5.24. The average Bonchev–Trinajstić information content (AvgIpc) is 2.33. The Morgan fingerprint density at radius 3 is 1.40 bits per heavy atom. The van der Waals surface area contributed by atoms with Gasteiger partial charge in [0.2, 0.25) is 12.2 Å². The summed E-state index contributed by atoms with van der Waals surface area (Å²) < 4.78 is 8.83. The average molecular weight is 296 g/mol. The first-order chi connectivity index (χ1) is 9.33. The zero-order valence-electron chi connectivity index (χ0n) is 10.5.